The predicted octanol–water partition coefficient (Wildman–Crippen LogP) is 2.38. The number of rotatable bonds is 4. The minimum atomic E-state index is 0.817. The first kappa shape index (κ1) is 11.4. The highest BCUT2D eigenvalue weighted by atomic mass is 15.2. The van der Waals surface area contributed by atoms with Gasteiger partial charge < -0.3 is 10.6 Å². The molecule has 0 radical (unpaired) electrons. The minimum Gasteiger partial charge on any atom is -0.330 e. The van der Waals surface area contributed by atoms with Gasteiger partial charge in [-0.2, -0.15) is 0 Å². The second-order valence-electron chi connectivity index (χ2n) is 5.37. The second kappa shape index (κ2) is 5.86. The monoisotopic (exact) mass is 210 g/mol. The Morgan fingerprint density at radius 2 is 1.80 bits per heavy atom. The molecule has 2 N–H and O–H groups in total. The zero-order valence-electron chi connectivity index (χ0n) is 9.96. The van der Waals surface area contributed by atoms with Crippen molar-refractivity contribution in [3.63, 3.8) is 0 Å². The lowest BCUT2D eigenvalue weighted by Crippen LogP contribution is -2.35. The van der Waals surface area contributed by atoms with Crippen LogP contribution in [0.25, 0.3) is 0 Å². The van der Waals surface area contributed by atoms with Crippen molar-refractivity contribution in [3.8, 4) is 0 Å². The molecular formula is C13H26N2. The zero-order valence-corrected chi connectivity index (χ0v) is 9.96. The highest BCUT2D eigenvalue weighted by molar-refractivity contribution is 4.82. The number of nitrogens with two attached hydrogens (primary N) is 1. The average Bonchev–Trinajstić information content (AvgIpc) is 2.68. The molecule has 1 saturated heterocycles. The van der Waals surface area contributed by atoms with Crippen LogP contribution in [-0.4, -0.2) is 30.6 Å². The number of hydrogen-bond acceptors (Lipinski definition) is 2. The van der Waals surface area contributed by atoms with Crippen LogP contribution in [0.3, 0.4) is 0 Å². The lowest BCUT2D eigenvalue weighted by Gasteiger charge is -2.30. The minimum absolute atomic E-state index is 0.817. The van der Waals surface area contributed by atoms with E-state index in [1.807, 2.05) is 0 Å². The van der Waals surface area contributed by atoms with E-state index in [1.165, 1.54) is 64.5 Å². The van der Waals surface area contributed by atoms with Gasteiger partial charge in [0.25, 0.3) is 0 Å². The van der Waals surface area contributed by atoms with Crippen LogP contribution in [0.5, 0.6) is 0 Å². The molecule has 2 fully saturated rings. The Balaban J connectivity index is 1.76. The van der Waals surface area contributed by atoms with E-state index in [9.17, 15) is 0 Å². The molecule has 2 rings (SSSR count). The Labute approximate surface area is 94.2 Å². The molecule has 2 nitrogen and oxygen atoms in total. The Kier molecular flexibility index (Phi) is 4.45. The summed E-state index contributed by atoms with van der Waals surface area (Å²) in [5, 5.41) is 0. The van der Waals surface area contributed by atoms with Gasteiger partial charge in [0.05, 0.1) is 0 Å². The van der Waals surface area contributed by atoms with E-state index in [4.69, 9.17) is 5.73 Å². The van der Waals surface area contributed by atoms with Crippen molar-refractivity contribution in [2.75, 3.05) is 19.6 Å². The third kappa shape index (κ3) is 3.18. The van der Waals surface area contributed by atoms with Gasteiger partial charge in [-0.1, -0.05) is 19.3 Å². The van der Waals surface area contributed by atoms with Crippen molar-refractivity contribution in [1.29, 1.82) is 0 Å². The quantitative estimate of drug-likeness (QED) is 0.772. The summed E-state index contributed by atoms with van der Waals surface area (Å²) in [4.78, 5) is 2.73. The first-order valence-electron chi connectivity index (χ1n) is 6.84. The highest BCUT2D eigenvalue weighted by Gasteiger charge is 2.26. The van der Waals surface area contributed by atoms with Gasteiger partial charge in [-0.3, -0.25) is 0 Å². The molecular weight excluding hydrogens is 184 g/mol. The Morgan fingerprint density at radius 3 is 2.53 bits per heavy atom. The third-order valence-corrected chi connectivity index (χ3v) is 4.22. The van der Waals surface area contributed by atoms with Gasteiger partial charge in [-0.05, 0) is 51.1 Å². The van der Waals surface area contributed by atoms with Crippen LogP contribution in [0, 0.1) is 5.92 Å². The van der Waals surface area contributed by atoms with Crippen LogP contribution in [0.4, 0.5) is 0 Å². The van der Waals surface area contributed by atoms with Crippen molar-refractivity contribution < 1.29 is 0 Å². The van der Waals surface area contributed by atoms with E-state index >= 15 is 0 Å². The maximum atomic E-state index is 5.68. The van der Waals surface area contributed by atoms with E-state index in [-0.39, 0.29) is 0 Å². The lowest BCUT2D eigenvalue weighted by atomic mass is 9.89. The molecule has 1 saturated carbocycles. The van der Waals surface area contributed by atoms with Gasteiger partial charge in [-0.25, -0.2) is 0 Å². The molecule has 0 spiro atoms. The predicted molar refractivity (Wildman–Crippen MR) is 64.8 cm³/mol. The van der Waals surface area contributed by atoms with Crippen molar-refractivity contribution in [2.45, 2.75) is 57.4 Å². The summed E-state index contributed by atoms with van der Waals surface area (Å²) in [7, 11) is 0. The van der Waals surface area contributed by atoms with Crippen LogP contribution < -0.4 is 5.73 Å². The largest absolute Gasteiger partial charge is 0.330 e. The molecule has 88 valence electrons. The summed E-state index contributed by atoms with van der Waals surface area (Å²) in [6.07, 6.45) is 11.4. The fourth-order valence-corrected chi connectivity index (χ4v) is 3.36. The molecule has 1 atom stereocenters. The van der Waals surface area contributed by atoms with Crippen molar-refractivity contribution in [3.05, 3.63) is 0 Å². The van der Waals surface area contributed by atoms with Crippen LogP contribution in [0.2, 0.25) is 0 Å². The van der Waals surface area contributed by atoms with E-state index < -0.39 is 0 Å². The molecule has 0 aromatic heterocycles. The fourth-order valence-electron chi connectivity index (χ4n) is 3.36. The van der Waals surface area contributed by atoms with Gasteiger partial charge in [0.2, 0.25) is 0 Å². The summed E-state index contributed by atoms with van der Waals surface area (Å²) >= 11 is 0. The van der Waals surface area contributed by atoms with Gasteiger partial charge >= 0.3 is 0 Å². The SMILES string of the molecule is NCCC1CCCN1CC1CCCCC1. The van der Waals surface area contributed by atoms with Gasteiger partial charge in [0.15, 0.2) is 0 Å². The van der Waals surface area contributed by atoms with Crippen molar-refractivity contribution >= 4 is 0 Å². The summed E-state index contributed by atoms with van der Waals surface area (Å²) < 4.78 is 0. The lowest BCUT2D eigenvalue weighted by molar-refractivity contribution is 0.183. The van der Waals surface area contributed by atoms with E-state index in [1.54, 1.807) is 0 Å². The standard InChI is InChI=1S/C13H26N2/c14-9-8-13-7-4-10-15(13)11-12-5-2-1-3-6-12/h12-13H,1-11,14H2. The van der Waals surface area contributed by atoms with E-state index in [0.717, 1.165) is 18.5 Å². The molecule has 0 aromatic carbocycles. The summed E-state index contributed by atoms with van der Waals surface area (Å²) in [6.45, 7) is 3.57. The maximum Gasteiger partial charge on any atom is 0.0108 e. The molecule has 1 unspecified atom stereocenters. The summed E-state index contributed by atoms with van der Waals surface area (Å²) in [5.41, 5.74) is 5.68. The first-order chi connectivity index (χ1) is 7.40. The molecule has 2 aliphatic rings. The molecule has 15 heavy (non-hydrogen) atoms. The molecule has 0 amide bonds. The zero-order chi connectivity index (χ0) is 10.5. The van der Waals surface area contributed by atoms with E-state index in [2.05, 4.69) is 4.90 Å². The van der Waals surface area contributed by atoms with Gasteiger partial charge in [-0.15, -0.1) is 0 Å². The number of nitrogens with zero attached hydrogens (tertiary/aromatic N) is 1. The van der Waals surface area contributed by atoms with Gasteiger partial charge in [0.1, 0.15) is 0 Å². The summed E-state index contributed by atoms with van der Waals surface area (Å²) in [5.74, 6) is 0.997. The average molecular weight is 210 g/mol. The Morgan fingerprint density at radius 1 is 1.00 bits per heavy atom. The second-order valence-corrected chi connectivity index (χ2v) is 5.37. The Bertz CT molecular complexity index is 175. The summed E-state index contributed by atoms with van der Waals surface area (Å²) in [6, 6.07) is 0.817. The van der Waals surface area contributed by atoms with E-state index in [0.29, 0.717) is 0 Å². The molecule has 1 aliphatic carbocycles. The number of hydrogen-bond donors (Lipinski definition) is 1. The normalized spacial score (nSPS) is 29.8. The van der Waals surface area contributed by atoms with Crippen LogP contribution in [-0.2, 0) is 0 Å². The first-order valence-corrected chi connectivity index (χ1v) is 6.84. The smallest absolute Gasteiger partial charge is 0.0108 e. The molecule has 0 aromatic rings. The molecule has 1 heterocycles. The van der Waals surface area contributed by atoms with Crippen LogP contribution in [0.1, 0.15) is 51.4 Å². The van der Waals surface area contributed by atoms with Crippen LogP contribution >= 0.6 is 0 Å². The molecule has 1 aliphatic heterocycles. The fraction of sp³-hybridized carbons (Fsp3) is 1.00. The van der Waals surface area contributed by atoms with Crippen LogP contribution in [0.15, 0.2) is 0 Å². The van der Waals surface area contributed by atoms with Crippen molar-refractivity contribution in [1.82, 2.24) is 4.90 Å². The number of likely N-dealkylation sites (tertiary alicyclic amines) is 1. The maximum absolute atomic E-state index is 5.68. The Hall–Kier alpha value is -0.0800. The van der Waals surface area contributed by atoms with Gasteiger partial charge in [0, 0.05) is 12.6 Å². The molecule has 0 bridgehead atoms. The third-order valence-electron chi connectivity index (χ3n) is 4.22. The van der Waals surface area contributed by atoms with Crippen molar-refractivity contribution in [2.24, 2.45) is 11.7 Å². The topological polar surface area (TPSA) is 29.3 Å². The molecule has 2 heteroatoms. The highest BCUT2D eigenvalue weighted by Crippen LogP contribution is 2.28.